The van der Waals surface area contributed by atoms with Crippen molar-refractivity contribution in [3.8, 4) is 22.6 Å². The van der Waals surface area contributed by atoms with E-state index in [-0.39, 0.29) is 13.2 Å². The van der Waals surface area contributed by atoms with E-state index in [4.69, 9.17) is 14.2 Å². The van der Waals surface area contributed by atoms with Gasteiger partial charge in [-0.15, -0.1) is 10.2 Å². The van der Waals surface area contributed by atoms with Gasteiger partial charge in [-0.25, -0.2) is 4.79 Å². The van der Waals surface area contributed by atoms with Crippen molar-refractivity contribution in [2.24, 2.45) is 0 Å². The molecule has 0 radical (unpaired) electrons. The van der Waals surface area contributed by atoms with Crippen LogP contribution in [0.5, 0.6) is 11.5 Å². The van der Waals surface area contributed by atoms with Crippen molar-refractivity contribution in [1.29, 1.82) is 0 Å². The van der Waals surface area contributed by atoms with Gasteiger partial charge < -0.3 is 19.4 Å². The average Bonchev–Trinajstić information content (AvgIpc) is 3.21. The Morgan fingerprint density at radius 3 is 2.47 bits per heavy atom. The lowest BCUT2D eigenvalue weighted by atomic mass is 10.0. The molecule has 0 atom stereocenters. The molecule has 8 heteroatoms. The zero-order valence-corrected chi connectivity index (χ0v) is 20.0. The number of fused-ring (bicyclic) bond motifs is 1. The number of ether oxygens (including phenoxy) is 3. The smallest absolute Gasteiger partial charge is 0.333 e. The largest absolute Gasteiger partial charge is 0.493 e. The van der Waals surface area contributed by atoms with Crippen LogP contribution in [0.2, 0.25) is 0 Å². The van der Waals surface area contributed by atoms with Crippen LogP contribution in [-0.2, 0) is 9.53 Å². The molecule has 1 N–H and O–H groups in total. The van der Waals surface area contributed by atoms with E-state index in [1.165, 1.54) is 25.7 Å². The van der Waals surface area contributed by atoms with Crippen molar-refractivity contribution in [3.05, 3.63) is 48.6 Å². The SMILES string of the molecule is C=C(C)C(=O)OCCOc1ccc2nn(O)nc2c1-c1ccccc1OCCCCCCCC. The predicted octanol–water partition coefficient (Wildman–Crippen LogP) is 5.57. The molecule has 34 heavy (non-hydrogen) atoms. The molecule has 0 unspecified atom stereocenters. The summed E-state index contributed by atoms with van der Waals surface area (Å²) in [6.45, 7) is 8.20. The minimum absolute atomic E-state index is 0.0754. The molecule has 1 heterocycles. The van der Waals surface area contributed by atoms with E-state index in [9.17, 15) is 10.0 Å². The first-order chi connectivity index (χ1) is 16.5. The summed E-state index contributed by atoms with van der Waals surface area (Å²) >= 11 is 0. The Balaban J connectivity index is 1.78. The van der Waals surface area contributed by atoms with Gasteiger partial charge in [0.15, 0.2) is 0 Å². The number of esters is 1. The van der Waals surface area contributed by atoms with E-state index >= 15 is 0 Å². The first kappa shape index (κ1) is 25.1. The molecule has 0 spiro atoms. The van der Waals surface area contributed by atoms with E-state index in [2.05, 4.69) is 23.7 Å². The van der Waals surface area contributed by atoms with E-state index < -0.39 is 5.97 Å². The molecule has 2 aromatic carbocycles. The molecule has 0 bridgehead atoms. The molecule has 0 aliphatic rings. The summed E-state index contributed by atoms with van der Waals surface area (Å²) in [5.41, 5.74) is 2.77. The monoisotopic (exact) mass is 467 g/mol. The van der Waals surface area contributed by atoms with Crippen molar-refractivity contribution in [2.75, 3.05) is 19.8 Å². The second-order valence-corrected chi connectivity index (χ2v) is 8.15. The van der Waals surface area contributed by atoms with Gasteiger partial charge in [-0.1, -0.05) is 63.8 Å². The molecule has 3 rings (SSSR count). The minimum Gasteiger partial charge on any atom is -0.493 e. The van der Waals surface area contributed by atoms with Gasteiger partial charge in [-0.2, -0.15) is 0 Å². The van der Waals surface area contributed by atoms with Gasteiger partial charge in [0.2, 0.25) is 0 Å². The number of para-hydroxylation sites is 1. The van der Waals surface area contributed by atoms with E-state index in [1.807, 2.05) is 24.3 Å². The minimum atomic E-state index is -0.462. The van der Waals surface area contributed by atoms with Gasteiger partial charge in [0.1, 0.15) is 35.7 Å². The molecule has 182 valence electrons. The van der Waals surface area contributed by atoms with Gasteiger partial charge in [0.25, 0.3) is 0 Å². The number of unbranched alkanes of at least 4 members (excludes halogenated alkanes) is 5. The van der Waals surface area contributed by atoms with Gasteiger partial charge in [-0.05, 0) is 36.5 Å². The zero-order valence-electron chi connectivity index (χ0n) is 20.0. The van der Waals surface area contributed by atoms with Crippen LogP contribution < -0.4 is 9.47 Å². The predicted molar refractivity (Wildman–Crippen MR) is 130 cm³/mol. The molecule has 0 aliphatic carbocycles. The lowest BCUT2D eigenvalue weighted by Gasteiger charge is -2.16. The third kappa shape index (κ3) is 6.73. The number of hydrogen-bond acceptors (Lipinski definition) is 7. The molecule has 0 saturated heterocycles. The number of carbonyl (C=O) groups excluding carboxylic acids is 1. The maximum Gasteiger partial charge on any atom is 0.333 e. The summed E-state index contributed by atoms with van der Waals surface area (Å²) < 4.78 is 17.2. The molecule has 0 saturated carbocycles. The van der Waals surface area contributed by atoms with Crippen LogP contribution in [0, 0.1) is 0 Å². The molecular weight excluding hydrogens is 434 g/mol. The molecular formula is C26H33N3O5. The van der Waals surface area contributed by atoms with Crippen molar-refractivity contribution in [3.63, 3.8) is 0 Å². The van der Waals surface area contributed by atoms with E-state index in [0.29, 0.717) is 45.2 Å². The highest BCUT2D eigenvalue weighted by molar-refractivity contribution is 5.96. The third-order valence-electron chi connectivity index (χ3n) is 5.34. The second kappa shape index (κ2) is 12.6. The molecule has 1 aromatic heterocycles. The van der Waals surface area contributed by atoms with Gasteiger partial charge >= 0.3 is 5.97 Å². The number of nitrogens with zero attached hydrogens (tertiary/aromatic N) is 3. The molecule has 0 amide bonds. The fourth-order valence-electron chi connectivity index (χ4n) is 3.61. The number of benzene rings is 2. The summed E-state index contributed by atoms with van der Waals surface area (Å²) in [7, 11) is 0. The van der Waals surface area contributed by atoms with Crippen molar-refractivity contribution < 1.29 is 24.2 Å². The summed E-state index contributed by atoms with van der Waals surface area (Å²) in [5, 5.41) is 18.0. The Labute approximate surface area is 200 Å². The Hall–Kier alpha value is -3.55. The topological polar surface area (TPSA) is 95.7 Å². The summed E-state index contributed by atoms with van der Waals surface area (Å²) in [5.74, 6) is 0.764. The van der Waals surface area contributed by atoms with Crippen molar-refractivity contribution in [2.45, 2.75) is 52.4 Å². The summed E-state index contributed by atoms with van der Waals surface area (Å²) in [6.07, 6.45) is 7.09. The third-order valence-corrected chi connectivity index (χ3v) is 5.34. The van der Waals surface area contributed by atoms with E-state index in [1.54, 1.807) is 19.1 Å². The summed E-state index contributed by atoms with van der Waals surface area (Å²) in [6, 6.07) is 11.1. The van der Waals surface area contributed by atoms with Crippen LogP contribution in [0.4, 0.5) is 0 Å². The Morgan fingerprint density at radius 2 is 1.68 bits per heavy atom. The number of rotatable bonds is 14. The van der Waals surface area contributed by atoms with Crippen LogP contribution in [0.1, 0.15) is 52.4 Å². The number of carbonyl (C=O) groups is 1. The zero-order chi connectivity index (χ0) is 24.3. The van der Waals surface area contributed by atoms with E-state index in [0.717, 1.165) is 18.4 Å². The van der Waals surface area contributed by atoms with Gasteiger partial charge in [0.05, 0.1) is 12.2 Å². The van der Waals surface area contributed by atoms with Crippen LogP contribution >= 0.6 is 0 Å². The normalized spacial score (nSPS) is 10.9. The van der Waals surface area contributed by atoms with Crippen LogP contribution in [0.3, 0.4) is 0 Å². The Bertz CT molecular complexity index is 1110. The standard InChI is InChI=1S/C26H33N3O5/c1-4-5-6-7-8-11-16-32-22-13-10-9-12-20(22)24-23(33-17-18-34-26(30)19(2)3)15-14-21-25(24)28-29(31)27-21/h9-10,12-15,31H,2,4-8,11,16-18H2,1,3H3. The van der Waals surface area contributed by atoms with Crippen molar-refractivity contribution in [1.82, 2.24) is 15.2 Å². The maximum atomic E-state index is 11.6. The van der Waals surface area contributed by atoms with Crippen LogP contribution in [-0.4, -0.2) is 46.2 Å². The molecule has 0 fully saturated rings. The van der Waals surface area contributed by atoms with Gasteiger partial charge in [0, 0.05) is 11.1 Å². The van der Waals surface area contributed by atoms with Crippen molar-refractivity contribution >= 4 is 17.0 Å². The number of hydrogen-bond donors (Lipinski definition) is 1. The highest BCUT2D eigenvalue weighted by Gasteiger charge is 2.19. The molecule has 8 nitrogen and oxygen atoms in total. The maximum absolute atomic E-state index is 11.6. The molecule has 3 aromatic rings. The van der Waals surface area contributed by atoms with Crippen LogP contribution in [0.15, 0.2) is 48.6 Å². The Kier molecular flexibility index (Phi) is 9.31. The van der Waals surface area contributed by atoms with Crippen LogP contribution in [0.25, 0.3) is 22.2 Å². The number of aromatic nitrogens is 3. The quantitative estimate of drug-likeness (QED) is 0.143. The summed E-state index contributed by atoms with van der Waals surface area (Å²) in [4.78, 5) is 12.2. The lowest BCUT2D eigenvalue weighted by Crippen LogP contribution is -2.12. The first-order valence-corrected chi connectivity index (χ1v) is 11.8. The second-order valence-electron chi connectivity index (χ2n) is 8.15. The lowest BCUT2D eigenvalue weighted by molar-refractivity contribution is -0.139. The Morgan fingerprint density at radius 1 is 0.941 bits per heavy atom. The first-order valence-electron chi connectivity index (χ1n) is 11.8. The average molecular weight is 468 g/mol. The fraction of sp³-hybridized carbons (Fsp3) is 0.423. The molecule has 0 aliphatic heterocycles. The highest BCUT2D eigenvalue weighted by Crippen LogP contribution is 2.40. The highest BCUT2D eigenvalue weighted by atomic mass is 16.6. The van der Waals surface area contributed by atoms with Gasteiger partial charge in [-0.3, -0.25) is 0 Å². The fourth-order valence-corrected chi connectivity index (χ4v) is 3.61.